The lowest BCUT2D eigenvalue weighted by atomic mass is 9.96. The Balaban J connectivity index is 1.91. The van der Waals surface area contributed by atoms with Gasteiger partial charge in [-0.25, -0.2) is 4.68 Å². The molecule has 0 N–H and O–H groups in total. The predicted molar refractivity (Wildman–Crippen MR) is 111 cm³/mol. The molecule has 0 saturated carbocycles. The SMILES string of the molecule is CC(=O)c1cn2c(cc1=O)-c1cc(Cl)c(-c3cnn(C(F)F)c3)cc1CN2C(C)C. The maximum atomic E-state index is 12.9. The number of hydrogen-bond donors (Lipinski definition) is 0. The fraction of sp³-hybridized carbons (Fsp3) is 0.286. The molecule has 9 heteroatoms. The minimum absolute atomic E-state index is 0.0694. The van der Waals surface area contributed by atoms with E-state index in [1.165, 1.54) is 25.4 Å². The molecule has 0 unspecified atom stereocenters. The van der Waals surface area contributed by atoms with Gasteiger partial charge in [0.1, 0.15) is 0 Å². The zero-order valence-electron chi connectivity index (χ0n) is 16.6. The lowest BCUT2D eigenvalue weighted by molar-refractivity contribution is 0.0566. The normalized spacial score (nSPS) is 13.0. The molecule has 1 aromatic carbocycles. The molecule has 4 rings (SSSR count). The van der Waals surface area contributed by atoms with Crippen molar-refractivity contribution in [1.82, 2.24) is 14.5 Å². The summed E-state index contributed by atoms with van der Waals surface area (Å²) in [4.78, 5) is 24.4. The van der Waals surface area contributed by atoms with Crippen molar-refractivity contribution in [2.75, 3.05) is 5.01 Å². The molecule has 0 spiro atoms. The minimum Gasteiger partial charge on any atom is -0.306 e. The molecule has 1 aliphatic heterocycles. The molecule has 0 atom stereocenters. The van der Waals surface area contributed by atoms with Crippen LogP contribution >= 0.6 is 11.6 Å². The third kappa shape index (κ3) is 3.31. The monoisotopic (exact) mass is 432 g/mol. The fourth-order valence-electron chi connectivity index (χ4n) is 3.68. The van der Waals surface area contributed by atoms with Gasteiger partial charge in [-0.3, -0.25) is 14.3 Å². The van der Waals surface area contributed by atoms with E-state index in [-0.39, 0.29) is 22.8 Å². The molecule has 3 aromatic rings. The average Bonchev–Trinajstić information content (AvgIpc) is 3.16. The molecule has 0 amide bonds. The van der Waals surface area contributed by atoms with Crippen molar-refractivity contribution in [2.45, 2.75) is 39.9 Å². The van der Waals surface area contributed by atoms with E-state index in [9.17, 15) is 18.4 Å². The standard InChI is InChI=1S/C21H19ClF2N4O2/c1-11(2)27-9-13-4-15(14-7-25-26(8-14)21(23)24)18(22)5-16(13)19-6-20(30)17(12(3)29)10-28(19)27/h4-8,10-11,21H,9H2,1-3H3. The number of benzene rings is 1. The first-order valence-corrected chi connectivity index (χ1v) is 9.75. The number of Topliss-reactive ketones (excluding diaryl/α,β-unsaturated/α-hetero) is 1. The molecule has 6 nitrogen and oxygen atoms in total. The third-order valence-corrected chi connectivity index (χ3v) is 5.51. The number of rotatable bonds is 4. The summed E-state index contributed by atoms with van der Waals surface area (Å²) in [6.45, 7) is 3.13. The highest BCUT2D eigenvalue weighted by Crippen LogP contribution is 2.38. The molecule has 1 aliphatic rings. The van der Waals surface area contributed by atoms with Gasteiger partial charge < -0.3 is 5.01 Å². The van der Waals surface area contributed by atoms with Crippen LogP contribution in [-0.4, -0.2) is 26.3 Å². The summed E-state index contributed by atoms with van der Waals surface area (Å²) in [5, 5.41) is 6.06. The first-order valence-electron chi connectivity index (χ1n) is 9.37. The number of fused-ring (bicyclic) bond motifs is 3. The van der Waals surface area contributed by atoms with Crippen molar-refractivity contribution >= 4 is 17.4 Å². The molecule has 0 radical (unpaired) electrons. The number of carbonyl (C=O) groups excluding carboxylic acids is 1. The van der Waals surface area contributed by atoms with E-state index in [4.69, 9.17) is 11.6 Å². The fourth-order valence-corrected chi connectivity index (χ4v) is 3.95. The Hall–Kier alpha value is -3.00. The highest BCUT2D eigenvalue weighted by Gasteiger charge is 2.26. The van der Waals surface area contributed by atoms with Crippen LogP contribution in [0.3, 0.4) is 0 Å². The highest BCUT2D eigenvalue weighted by atomic mass is 35.5. The number of halogens is 3. The summed E-state index contributed by atoms with van der Waals surface area (Å²) in [6, 6.07) is 5.07. The lowest BCUT2D eigenvalue weighted by Crippen LogP contribution is -2.44. The zero-order chi connectivity index (χ0) is 21.7. The van der Waals surface area contributed by atoms with E-state index in [0.29, 0.717) is 33.1 Å². The predicted octanol–water partition coefficient (Wildman–Crippen LogP) is 4.49. The molecule has 2 aromatic heterocycles. The van der Waals surface area contributed by atoms with E-state index >= 15 is 0 Å². The third-order valence-electron chi connectivity index (χ3n) is 5.20. The average molecular weight is 433 g/mol. The van der Waals surface area contributed by atoms with Crippen LogP contribution in [0.15, 0.2) is 41.6 Å². The Bertz CT molecular complexity index is 1220. The smallest absolute Gasteiger partial charge is 0.306 e. The highest BCUT2D eigenvalue weighted by molar-refractivity contribution is 6.33. The van der Waals surface area contributed by atoms with Gasteiger partial charge in [-0.05, 0) is 38.5 Å². The van der Waals surface area contributed by atoms with Crippen LogP contribution in [-0.2, 0) is 6.54 Å². The molecule has 156 valence electrons. The summed E-state index contributed by atoms with van der Waals surface area (Å²) in [6.07, 6.45) is 4.16. The molecule has 3 heterocycles. The summed E-state index contributed by atoms with van der Waals surface area (Å²) >= 11 is 6.49. The van der Waals surface area contributed by atoms with Crippen LogP contribution in [0.25, 0.3) is 22.4 Å². The molecule has 0 fully saturated rings. The summed E-state index contributed by atoms with van der Waals surface area (Å²) in [5.41, 5.74) is 3.10. The van der Waals surface area contributed by atoms with Crippen molar-refractivity contribution in [2.24, 2.45) is 0 Å². The molecule has 0 aliphatic carbocycles. The first-order chi connectivity index (χ1) is 14.2. The molecule has 0 bridgehead atoms. The molecular weight excluding hydrogens is 414 g/mol. The Morgan fingerprint density at radius 3 is 2.50 bits per heavy atom. The Kier molecular flexibility index (Phi) is 4.97. The number of nitrogens with zero attached hydrogens (tertiary/aromatic N) is 4. The van der Waals surface area contributed by atoms with Crippen molar-refractivity contribution in [3.05, 3.63) is 63.2 Å². The van der Waals surface area contributed by atoms with Gasteiger partial charge in [0.25, 0.3) is 0 Å². The van der Waals surface area contributed by atoms with Crippen molar-refractivity contribution in [1.29, 1.82) is 0 Å². The summed E-state index contributed by atoms with van der Waals surface area (Å²) < 4.78 is 28.2. The number of carbonyl (C=O) groups is 1. The summed E-state index contributed by atoms with van der Waals surface area (Å²) in [5.74, 6) is -0.297. The van der Waals surface area contributed by atoms with Crippen LogP contribution in [0.5, 0.6) is 0 Å². The van der Waals surface area contributed by atoms with E-state index in [1.54, 1.807) is 12.3 Å². The van der Waals surface area contributed by atoms with Crippen LogP contribution in [0.2, 0.25) is 5.02 Å². The zero-order valence-corrected chi connectivity index (χ0v) is 17.3. The van der Waals surface area contributed by atoms with Crippen molar-refractivity contribution in [3.8, 4) is 22.4 Å². The van der Waals surface area contributed by atoms with Gasteiger partial charge >= 0.3 is 6.55 Å². The van der Waals surface area contributed by atoms with Crippen LogP contribution in [0.1, 0.15) is 43.2 Å². The summed E-state index contributed by atoms with van der Waals surface area (Å²) in [7, 11) is 0. The van der Waals surface area contributed by atoms with E-state index < -0.39 is 6.55 Å². The van der Waals surface area contributed by atoms with Crippen LogP contribution < -0.4 is 10.4 Å². The van der Waals surface area contributed by atoms with Crippen LogP contribution in [0.4, 0.5) is 8.78 Å². The van der Waals surface area contributed by atoms with Gasteiger partial charge in [0, 0.05) is 46.2 Å². The van der Waals surface area contributed by atoms with Gasteiger partial charge in [-0.2, -0.15) is 13.9 Å². The Morgan fingerprint density at radius 2 is 1.90 bits per heavy atom. The Morgan fingerprint density at radius 1 is 1.17 bits per heavy atom. The first kappa shape index (κ1) is 20.3. The quantitative estimate of drug-likeness (QED) is 0.570. The van der Waals surface area contributed by atoms with Gasteiger partial charge in [0.15, 0.2) is 11.2 Å². The second kappa shape index (κ2) is 7.36. The van der Waals surface area contributed by atoms with Gasteiger partial charge in [-0.15, -0.1) is 0 Å². The number of hydrogen-bond acceptors (Lipinski definition) is 4. The number of alkyl halides is 2. The second-order valence-electron chi connectivity index (χ2n) is 7.50. The number of ketones is 1. The minimum atomic E-state index is -2.74. The number of aromatic nitrogens is 3. The van der Waals surface area contributed by atoms with Crippen molar-refractivity contribution < 1.29 is 13.6 Å². The van der Waals surface area contributed by atoms with E-state index in [0.717, 1.165) is 11.1 Å². The number of pyridine rings is 1. The van der Waals surface area contributed by atoms with Gasteiger partial charge in [0.2, 0.25) is 0 Å². The maximum Gasteiger partial charge on any atom is 0.333 e. The molecule has 0 saturated heterocycles. The van der Waals surface area contributed by atoms with E-state index in [2.05, 4.69) is 5.10 Å². The topological polar surface area (TPSA) is 60.1 Å². The maximum absolute atomic E-state index is 12.9. The lowest BCUT2D eigenvalue weighted by Gasteiger charge is -2.38. The molecule has 30 heavy (non-hydrogen) atoms. The second-order valence-corrected chi connectivity index (χ2v) is 7.91. The largest absolute Gasteiger partial charge is 0.333 e. The van der Waals surface area contributed by atoms with Gasteiger partial charge in [-0.1, -0.05) is 11.6 Å². The Labute approximate surface area is 176 Å². The van der Waals surface area contributed by atoms with Crippen molar-refractivity contribution in [3.63, 3.8) is 0 Å². The van der Waals surface area contributed by atoms with Crippen LogP contribution in [0, 0.1) is 0 Å². The van der Waals surface area contributed by atoms with E-state index in [1.807, 2.05) is 29.6 Å². The molecular formula is C21H19ClF2N4O2. The van der Waals surface area contributed by atoms with Gasteiger partial charge in [0.05, 0.1) is 24.0 Å².